The number of nitrogens with two attached hydrogens (primary N) is 1. The topological polar surface area (TPSA) is 63.8 Å². The Kier molecular flexibility index (Phi) is 3.80. The van der Waals surface area contributed by atoms with E-state index in [1.54, 1.807) is 6.08 Å². The molecule has 0 aliphatic rings. The molecule has 4 nitrogen and oxygen atoms in total. The first-order chi connectivity index (χ1) is 9.11. The van der Waals surface area contributed by atoms with Gasteiger partial charge in [0.2, 0.25) is 5.95 Å². The number of hydrogen-bond acceptors (Lipinski definition) is 4. The van der Waals surface area contributed by atoms with Crippen molar-refractivity contribution >= 4 is 11.8 Å². The van der Waals surface area contributed by atoms with Gasteiger partial charge in [0.1, 0.15) is 5.82 Å². The van der Waals surface area contributed by atoms with Crippen LogP contribution in [0.1, 0.15) is 11.1 Å². The van der Waals surface area contributed by atoms with Crippen molar-refractivity contribution in [1.29, 1.82) is 0 Å². The molecule has 0 saturated carbocycles. The Morgan fingerprint density at radius 2 is 2.11 bits per heavy atom. The molecule has 0 unspecified atom stereocenters. The zero-order valence-corrected chi connectivity index (χ0v) is 11.3. The van der Waals surface area contributed by atoms with Crippen molar-refractivity contribution in [1.82, 2.24) is 9.97 Å². The summed E-state index contributed by atoms with van der Waals surface area (Å²) in [5.41, 5.74) is 10.1. The Morgan fingerprint density at radius 3 is 2.84 bits per heavy atom. The maximum Gasteiger partial charge on any atom is 0.222 e. The summed E-state index contributed by atoms with van der Waals surface area (Å²) in [6.45, 7) is 8.48. The zero-order valence-electron chi connectivity index (χ0n) is 11.3. The van der Waals surface area contributed by atoms with Gasteiger partial charge in [-0.3, -0.25) is 0 Å². The molecular formula is C15H18N4. The highest BCUT2D eigenvalue weighted by Crippen LogP contribution is 2.25. The van der Waals surface area contributed by atoms with Crippen LogP contribution < -0.4 is 11.1 Å². The molecule has 2 aromatic rings. The van der Waals surface area contributed by atoms with Crippen molar-refractivity contribution in [3.63, 3.8) is 0 Å². The smallest absolute Gasteiger partial charge is 0.222 e. The lowest BCUT2D eigenvalue weighted by Gasteiger charge is -2.10. The van der Waals surface area contributed by atoms with Gasteiger partial charge in [-0.15, -0.1) is 6.58 Å². The van der Waals surface area contributed by atoms with E-state index in [-0.39, 0.29) is 5.95 Å². The third kappa shape index (κ3) is 2.91. The maximum absolute atomic E-state index is 5.77. The molecule has 0 bridgehead atoms. The van der Waals surface area contributed by atoms with Crippen molar-refractivity contribution in [3.8, 4) is 11.3 Å². The number of aromatic nitrogens is 2. The summed E-state index contributed by atoms with van der Waals surface area (Å²) >= 11 is 0. The highest BCUT2D eigenvalue weighted by Gasteiger charge is 2.08. The lowest BCUT2D eigenvalue weighted by atomic mass is 10.0. The molecule has 0 spiro atoms. The van der Waals surface area contributed by atoms with E-state index >= 15 is 0 Å². The van der Waals surface area contributed by atoms with E-state index in [0.29, 0.717) is 12.4 Å². The van der Waals surface area contributed by atoms with E-state index in [1.165, 1.54) is 11.1 Å². The third-order valence-corrected chi connectivity index (χ3v) is 3.05. The van der Waals surface area contributed by atoms with Crippen LogP contribution in [0.15, 0.2) is 36.9 Å². The first-order valence-corrected chi connectivity index (χ1v) is 6.17. The summed E-state index contributed by atoms with van der Waals surface area (Å²) in [6.07, 6.45) is 1.77. The van der Waals surface area contributed by atoms with Crippen LogP contribution in [0.5, 0.6) is 0 Å². The van der Waals surface area contributed by atoms with E-state index in [4.69, 9.17) is 5.73 Å². The van der Waals surface area contributed by atoms with Crippen molar-refractivity contribution in [2.24, 2.45) is 0 Å². The van der Waals surface area contributed by atoms with Crippen molar-refractivity contribution in [3.05, 3.63) is 48.0 Å². The van der Waals surface area contributed by atoms with Crippen LogP contribution in [0.25, 0.3) is 11.3 Å². The van der Waals surface area contributed by atoms with Crippen LogP contribution in [0.4, 0.5) is 11.8 Å². The number of anilines is 2. The zero-order chi connectivity index (χ0) is 13.8. The quantitative estimate of drug-likeness (QED) is 0.823. The molecule has 0 amide bonds. The second-order valence-corrected chi connectivity index (χ2v) is 4.41. The van der Waals surface area contributed by atoms with E-state index in [1.807, 2.05) is 18.2 Å². The molecule has 0 aliphatic carbocycles. The minimum Gasteiger partial charge on any atom is -0.368 e. The number of aryl methyl sites for hydroxylation is 1. The molecule has 19 heavy (non-hydrogen) atoms. The molecule has 0 saturated heterocycles. The van der Waals surface area contributed by atoms with Gasteiger partial charge in [-0.25, -0.2) is 4.98 Å². The first-order valence-electron chi connectivity index (χ1n) is 6.17. The summed E-state index contributed by atoms with van der Waals surface area (Å²) < 4.78 is 0. The number of nitrogens with one attached hydrogen (secondary N) is 1. The molecule has 0 aliphatic heterocycles. The normalized spacial score (nSPS) is 10.2. The molecule has 1 aromatic carbocycles. The highest BCUT2D eigenvalue weighted by atomic mass is 15.1. The van der Waals surface area contributed by atoms with Crippen molar-refractivity contribution < 1.29 is 0 Å². The predicted octanol–water partition coefficient (Wildman–Crippen LogP) is 2.94. The minimum atomic E-state index is 0.268. The van der Waals surface area contributed by atoms with Crippen molar-refractivity contribution in [2.45, 2.75) is 13.8 Å². The average Bonchev–Trinajstić information content (AvgIpc) is 2.39. The summed E-state index contributed by atoms with van der Waals surface area (Å²) in [5.74, 6) is 0.980. The second kappa shape index (κ2) is 5.52. The van der Waals surface area contributed by atoms with Gasteiger partial charge < -0.3 is 11.1 Å². The van der Waals surface area contributed by atoms with Gasteiger partial charge in [0.05, 0.1) is 5.69 Å². The summed E-state index contributed by atoms with van der Waals surface area (Å²) in [7, 11) is 0. The van der Waals surface area contributed by atoms with E-state index < -0.39 is 0 Å². The first kappa shape index (κ1) is 13.1. The Labute approximate surface area is 113 Å². The van der Waals surface area contributed by atoms with Crippen LogP contribution in [0, 0.1) is 13.8 Å². The summed E-state index contributed by atoms with van der Waals surface area (Å²) in [5, 5.41) is 3.13. The fraction of sp³-hybridized carbons (Fsp3) is 0.200. The van der Waals surface area contributed by atoms with Gasteiger partial charge in [-0.05, 0) is 25.0 Å². The Hall–Kier alpha value is -2.36. The molecule has 0 atom stereocenters. The van der Waals surface area contributed by atoms with Crippen LogP contribution in [0.3, 0.4) is 0 Å². The number of nitrogen functional groups attached to an aromatic ring is 1. The van der Waals surface area contributed by atoms with Gasteiger partial charge in [0, 0.05) is 18.2 Å². The number of rotatable bonds is 4. The Bertz CT molecular complexity index is 605. The maximum atomic E-state index is 5.77. The largest absolute Gasteiger partial charge is 0.368 e. The fourth-order valence-electron chi connectivity index (χ4n) is 1.90. The van der Waals surface area contributed by atoms with E-state index in [0.717, 1.165) is 11.3 Å². The monoisotopic (exact) mass is 254 g/mol. The second-order valence-electron chi connectivity index (χ2n) is 4.41. The molecule has 98 valence electrons. The van der Waals surface area contributed by atoms with Crippen LogP contribution >= 0.6 is 0 Å². The molecule has 0 fully saturated rings. The number of nitrogens with zero attached hydrogens (tertiary/aromatic N) is 2. The predicted molar refractivity (Wildman–Crippen MR) is 80.0 cm³/mol. The molecule has 3 N–H and O–H groups in total. The van der Waals surface area contributed by atoms with Gasteiger partial charge in [-0.1, -0.05) is 24.3 Å². The number of benzene rings is 1. The Morgan fingerprint density at radius 1 is 1.32 bits per heavy atom. The SMILES string of the molecule is C=CCNc1cc(-c2cccc(C)c2C)nc(N)n1. The van der Waals surface area contributed by atoms with Gasteiger partial charge in [0.15, 0.2) is 0 Å². The Balaban J connectivity index is 2.46. The molecule has 1 heterocycles. The molecule has 0 radical (unpaired) electrons. The van der Waals surface area contributed by atoms with E-state index in [2.05, 4.69) is 41.8 Å². The summed E-state index contributed by atoms with van der Waals surface area (Å²) in [6, 6.07) is 8.05. The van der Waals surface area contributed by atoms with E-state index in [9.17, 15) is 0 Å². The van der Waals surface area contributed by atoms with Gasteiger partial charge >= 0.3 is 0 Å². The molecule has 1 aromatic heterocycles. The lowest BCUT2D eigenvalue weighted by molar-refractivity contribution is 1.15. The minimum absolute atomic E-state index is 0.268. The van der Waals surface area contributed by atoms with Gasteiger partial charge in [-0.2, -0.15) is 4.98 Å². The number of hydrogen-bond donors (Lipinski definition) is 2. The van der Waals surface area contributed by atoms with Crippen molar-refractivity contribution in [2.75, 3.05) is 17.6 Å². The summed E-state index contributed by atoms with van der Waals surface area (Å²) in [4.78, 5) is 8.47. The van der Waals surface area contributed by atoms with Crippen LogP contribution in [0.2, 0.25) is 0 Å². The van der Waals surface area contributed by atoms with Gasteiger partial charge in [0.25, 0.3) is 0 Å². The average molecular weight is 254 g/mol. The highest BCUT2D eigenvalue weighted by molar-refractivity contribution is 5.68. The molecule has 4 heteroatoms. The third-order valence-electron chi connectivity index (χ3n) is 3.05. The molecular weight excluding hydrogens is 236 g/mol. The fourth-order valence-corrected chi connectivity index (χ4v) is 1.90. The standard InChI is InChI=1S/C15H18N4/c1-4-8-17-14-9-13(18-15(16)19-14)12-7-5-6-10(2)11(12)3/h4-7,9H,1,8H2,2-3H3,(H3,16,17,18,19). The van der Waals surface area contributed by atoms with Crippen LogP contribution in [-0.2, 0) is 0 Å². The van der Waals surface area contributed by atoms with Crippen LogP contribution in [-0.4, -0.2) is 16.5 Å². The molecule has 2 rings (SSSR count). The lowest BCUT2D eigenvalue weighted by Crippen LogP contribution is -2.05.